The number of carbonyl (C=O) groups is 2. The van der Waals surface area contributed by atoms with Gasteiger partial charge in [0.15, 0.2) is 5.76 Å². The third-order valence-electron chi connectivity index (χ3n) is 3.96. The van der Waals surface area contributed by atoms with Crippen molar-refractivity contribution in [1.82, 2.24) is 15.2 Å². The quantitative estimate of drug-likeness (QED) is 0.828. The van der Waals surface area contributed by atoms with Gasteiger partial charge in [-0.3, -0.25) is 14.6 Å². The molecule has 1 atom stereocenters. The van der Waals surface area contributed by atoms with Crippen molar-refractivity contribution in [3.05, 3.63) is 48.2 Å². The summed E-state index contributed by atoms with van der Waals surface area (Å²) in [6.45, 7) is 3.47. The first-order chi connectivity index (χ1) is 12.6. The van der Waals surface area contributed by atoms with Gasteiger partial charge >= 0.3 is 0 Å². The van der Waals surface area contributed by atoms with Gasteiger partial charge in [-0.05, 0) is 31.2 Å². The Balaban J connectivity index is 1.44. The minimum Gasteiger partial charge on any atom is -0.489 e. The minimum absolute atomic E-state index is 0.0883. The van der Waals surface area contributed by atoms with Crippen molar-refractivity contribution in [3.63, 3.8) is 0 Å². The topological polar surface area (TPSA) is 93.9 Å². The Morgan fingerprint density at radius 2 is 2.27 bits per heavy atom. The van der Waals surface area contributed by atoms with Crippen molar-refractivity contribution in [2.45, 2.75) is 13.0 Å². The highest BCUT2D eigenvalue weighted by Crippen LogP contribution is 2.12. The number of rotatable bonds is 6. The number of furan rings is 1. The van der Waals surface area contributed by atoms with Gasteiger partial charge in [-0.15, -0.1) is 0 Å². The maximum absolute atomic E-state index is 12.3. The summed E-state index contributed by atoms with van der Waals surface area (Å²) in [6.07, 6.45) is 2.84. The highest BCUT2D eigenvalue weighted by atomic mass is 16.5. The number of nitrogens with one attached hydrogen (secondary N) is 1. The number of aromatic nitrogens is 1. The third-order valence-corrected chi connectivity index (χ3v) is 3.96. The average molecular weight is 359 g/mol. The molecule has 26 heavy (non-hydrogen) atoms. The fourth-order valence-corrected chi connectivity index (χ4v) is 2.54. The Morgan fingerprint density at radius 3 is 3.00 bits per heavy atom. The summed E-state index contributed by atoms with van der Waals surface area (Å²) in [5, 5.41) is 2.56. The average Bonchev–Trinajstić information content (AvgIpc) is 3.20. The van der Waals surface area contributed by atoms with Crippen LogP contribution in [-0.4, -0.2) is 60.7 Å². The molecule has 0 aromatic carbocycles. The summed E-state index contributed by atoms with van der Waals surface area (Å²) < 4.78 is 16.3. The summed E-state index contributed by atoms with van der Waals surface area (Å²) in [7, 11) is 0. The highest BCUT2D eigenvalue weighted by molar-refractivity contribution is 5.94. The normalized spacial score (nSPS) is 17.0. The van der Waals surface area contributed by atoms with Crippen molar-refractivity contribution < 1.29 is 23.5 Å². The zero-order valence-corrected chi connectivity index (χ0v) is 14.5. The first-order valence-corrected chi connectivity index (χ1v) is 8.38. The molecule has 1 aliphatic rings. The van der Waals surface area contributed by atoms with Crippen LogP contribution in [0.5, 0.6) is 5.75 Å². The van der Waals surface area contributed by atoms with Gasteiger partial charge in [-0.1, -0.05) is 0 Å². The molecule has 1 unspecified atom stereocenters. The predicted molar refractivity (Wildman–Crippen MR) is 91.8 cm³/mol. The number of hydrogen-bond donors (Lipinski definition) is 1. The van der Waals surface area contributed by atoms with Gasteiger partial charge in [0.25, 0.3) is 5.91 Å². The number of morpholine rings is 1. The van der Waals surface area contributed by atoms with E-state index in [-0.39, 0.29) is 24.3 Å². The van der Waals surface area contributed by atoms with Gasteiger partial charge < -0.3 is 24.1 Å². The maximum atomic E-state index is 12.3. The molecule has 2 aromatic heterocycles. The van der Waals surface area contributed by atoms with Crippen LogP contribution >= 0.6 is 0 Å². The van der Waals surface area contributed by atoms with E-state index in [1.807, 2.05) is 19.1 Å². The lowest BCUT2D eigenvalue weighted by molar-refractivity contribution is -0.138. The molecular weight excluding hydrogens is 338 g/mol. The van der Waals surface area contributed by atoms with Crippen LogP contribution in [0, 0.1) is 6.92 Å². The van der Waals surface area contributed by atoms with Crippen LogP contribution in [-0.2, 0) is 9.53 Å². The van der Waals surface area contributed by atoms with Gasteiger partial charge in [0, 0.05) is 12.2 Å². The Labute approximate surface area is 151 Å². The third kappa shape index (κ3) is 4.82. The van der Waals surface area contributed by atoms with E-state index in [4.69, 9.17) is 13.9 Å². The molecule has 1 aliphatic heterocycles. The van der Waals surface area contributed by atoms with Crippen LogP contribution in [0.25, 0.3) is 0 Å². The van der Waals surface area contributed by atoms with E-state index in [1.165, 1.54) is 6.26 Å². The van der Waals surface area contributed by atoms with Crippen molar-refractivity contribution in [2.24, 2.45) is 0 Å². The van der Waals surface area contributed by atoms with E-state index in [0.717, 1.165) is 5.69 Å². The monoisotopic (exact) mass is 359 g/mol. The lowest BCUT2D eigenvalue weighted by Crippen LogP contribution is -2.50. The second kappa shape index (κ2) is 8.48. The fraction of sp³-hybridized carbons (Fsp3) is 0.389. The van der Waals surface area contributed by atoms with Gasteiger partial charge in [0.2, 0.25) is 5.91 Å². The number of amides is 2. The Hall–Kier alpha value is -2.87. The summed E-state index contributed by atoms with van der Waals surface area (Å²) >= 11 is 0. The predicted octanol–water partition coefficient (Wildman–Crippen LogP) is 1.02. The zero-order valence-electron chi connectivity index (χ0n) is 14.5. The lowest BCUT2D eigenvalue weighted by Gasteiger charge is -2.32. The molecule has 1 saturated heterocycles. The summed E-state index contributed by atoms with van der Waals surface area (Å²) in [4.78, 5) is 29.9. The SMILES string of the molecule is Cc1ccc(OCC2CN(C(=O)CNC(=O)c3ccco3)CCO2)cn1. The minimum atomic E-state index is -0.414. The van der Waals surface area contributed by atoms with Gasteiger partial charge in [-0.25, -0.2) is 0 Å². The van der Waals surface area contributed by atoms with E-state index in [9.17, 15) is 9.59 Å². The van der Waals surface area contributed by atoms with Crippen LogP contribution in [0.3, 0.4) is 0 Å². The van der Waals surface area contributed by atoms with Crippen LogP contribution in [0.4, 0.5) is 0 Å². The van der Waals surface area contributed by atoms with Crippen LogP contribution in [0.2, 0.25) is 0 Å². The molecule has 1 fully saturated rings. The zero-order chi connectivity index (χ0) is 18.4. The second-order valence-electron chi connectivity index (χ2n) is 5.94. The molecule has 3 rings (SSSR count). The number of pyridine rings is 1. The molecule has 8 nitrogen and oxygen atoms in total. The van der Waals surface area contributed by atoms with E-state index < -0.39 is 5.91 Å². The molecule has 0 radical (unpaired) electrons. The number of aryl methyl sites for hydroxylation is 1. The van der Waals surface area contributed by atoms with Crippen molar-refractivity contribution in [1.29, 1.82) is 0 Å². The molecule has 0 spiro atoms. The summed E-state index contributed by atoms with van der Waals surface area (Å²) in [5.41, 5.74) is 0.916. The number of nitrogens with zero attached hydrogens (tertiary/aromatic N) is 2. The van der Waals surface area contributed by atoms with E-state index in [1.54, 1.807) is 23.2 Å². The number of ether oxygens (including phenoxy) is 2. The van der Waals surface area contributed by atoms with E-state index >= 15 is 0 Å². The van der Waals surface area contributed by atoms with Crippen LogP contribution < -0.4 is 10.1 Å². The second-order valence-corrected chi connectivity index (χ2v) is 5.94. The summed E-state index contributed by atoms with van der Waals surface area (Å²) in [6, 6.07) is 6.88. The van der Waals surface area contributed by atoms with Crippen molar-refractivity contribution >= 4 is 11.8 Å². The molecule has 0 saturated carbocycles. The molecule has 1 N–H and O–H groups in total. The molecule has 2 amide bonds. The smallest absolute Gasteiger partial charge is 0.287 e. The van der Waals surface area contributed by atoms with Crippen molar-refractivity contribution in [3.8, 4) is 5.75 Å². The molecule has 138 valence electrons. The first kappa shape index (κ1) is 17.9. The van der Waals surface area contributed by atoms with Crippen LogP contribution in [0.15, 0.2) is 41.1 Å². The number of carbonyl (C=O) groups excluding carboxylic acids is 2. The van der Waals surface area contributed by atoms with Crippen molar-refractivity contribution in [2.75, 3.05) is 32.8 Å². The van der Waals surface area contributed by atoms with Gasteiger partial charge in [0.05, 0.1) is 32.2 Å². The Morgan fingerprint density at radius 1 is 1.38 bits per heavy atom. The Kier molecular flexibility index (Phi) is 5.85. The van der Waals surface area contributed by atoms with E-state index in [2.05, 4.69) is 10.3 Å². The van der Waals surface area contributed by atoms with E-state index in [0.29, 0.717) is 32.1 Å². The standard InChI is InChI=1S/C18H21N3O5/c1-13-4-5-14(9-19-13)26-12-15-11-21(6-8-24-15)17(22)10-20-18(23)16-3-2-7-25-16/h2-5,7,9,15H,6,8,10-12H2,1H3,(H,20,23). The molecule has 0 aliphatic carbocycles. The van der Waals surface area contributed by atoms with Crippen LogP contribution in [0.1, 0.15) is 16.2 Å². The molecule has 8 heteroatoms. The van der Waals surface area contributed by atoms with Gasteiger partial charge in [-0.2, -0.15) is 0 Å². The molecular formula is C18H21N3O5. The number of hydrogen-bond acceptors (Lipinski definition) is 6. The lowest BCUT2D eigenvalue weighted by atomic mass is 10.2. The molecule has 0 bridgehead atoms. The first-order valence-electron chi connectivity index (χ1n) is 8.38. The van der Waals surface area contributed by atoms with Gasteiger partial charge in [0.1, 0.15) is 18.5 Å². The fourth-order valence-electron chi connectivity index (χ4n) is 2.54. The Bertz CT molecular complexity index is 730. The molecule has 3 heterocycles. The largest absolute Gasteiger partial charge is 0.489 e. The maximum Gasteiger partial charge on any atom is 0.287 e. The molecule has 2 aromatic rings. The summed E-state index contributed by atoms with van der Waals surface area (Å²) in [5.74, 6) is 0.254. The highest BCUT2D eigenvalue weighted by Gasteiger charge is 2.25.